The largest absolute Gasteiger partial charge is 0.366 e. The van der Waals surface area contributed by atoms with Gasteiger partial charge in [-0.15, -0.1) is 24.0 Å². The topological polar surface area (TPSA) is 47.0 Å². The van der Waals surface area contributed by atoms with Gasteiger partial charge in [-0.3, -0.25) is 4.99 Å². The molecule has 0 atom stereocenters. The van der Waals surface area contributed by atoms with E-state index in [9.17, 15) is 8.78 Å². The van der Waals surface area contributed by atoms with Crippen LogP contribution >= 0.6 is 24.0 Å². The van der Waals surface area contributed by atoms with Gasteiger partial charge in [-0.2, -0.15) is 0 Å². The van der Waals surface area contributed by atoms with E-state index in [1.807, 2.05) is 11.1 Å². The number of pyridine rings is 1. The summed E-state index contributed by atoms with van der Waals surface area (Å²) < 4.78 is 27.5. The number of nitrogens with one attached hydrogen (secondary N) is 1. The Morgan fingerprint density at radius 2 is 1.74 bits per heavy atom. The Balaban J connectivity index is 0.00000272. The highest BCUT2D eigenvalue weighted by molar-refractivity contribution is 14.0. The highest BCUT2D eigenvalue weighted by Crippen LogP contribution is 2.22. The number of benzene rings is 1. The maximum Gasteiger partial charge on any atom is 0.194 e. The molecule has 2 saturated heterocycles. The number of aliphatic imine (C=N–C) groups is 1. The van der Waals surface area contributed by atoms with Gasteiger partial charge in [0.2, 0.25) is 0 Å². The van der Waals surface area contributed by atoms with E-state index in [-0.39, 0.29) is 24.0 Å². The monoisotopic (exact) mass is 542 g/mol. The highest BCUT2D eigenvalue weighted by atomic mass is 127. The van der Waals surface area contributed by atoms with Crippen molar-refractivity contribution in [3.05, 3.63) is 53.7 Å². The number of halogens is 3. The van der Waals surface area contributed by atoms with Gasteiger partial charge in [-0.1, -0.05) is 6.07 Å². The molecular formula is C22H29F2IN6. The van der Waals surface area contributed by atoms with Gasteiger partial charge in [0, 0.05) is 65.1 Å². The van der Waals surface area contributed by atoms with Crippen molar-refractivity contribution in [3.8, 4) is 0 Å². The molecule has 4 rings (SSSR count). The van der Waals surface area contributed by atoms with E-state index >= 15 is 0 Å². The molecule has 0 aliphatic carbocycles. The lowest BCUT2D eigenvalue weighted by Gasteiger charge is -2.37. The molecule has 0 radical (unpaired) electrons. The highest BCUT2D eigenvalue weighted by Gasteiger charge is 2.22. The molecule has 9 heteroatoms. The van der Waals surface area contributed by atoms with Crippen molar-refractivity contribution in [1.29, 1.82) is 0 Å². The lowest BCUT2D eigenvalue weighted by Crippen LogP contribution is -2.52. The van der Waals surface area contributed by atoms with Gasteiger partial charge in [0.1, 0.15) is 17.5 Å². The molecule has 0 spiro atoms. The van der Waals surface area contributed by atoms with Gasteiger partial charge in [-0.05, 0) is 36.6 Å². The maximum atomic E-state index is 14.0. The normalized spacial score (nSPS) is 17.0. The number of nitrogens with zero attached hydrogens (tertiary/aromatic N) is 5. The van der Waals surface area contributed by atoms with Crippen molar-refractivity contribution in [1.82, 2.24) is 15.2 Å². The summed E-state index contributed by atoms with van der Waals surface area (Å²) in [4.78, 5) is 15.3. The zero-order valence-electron chi connectivity index (χ0n) is 17.7. The van der Waals surface area contributed by atoms with Crippen LogP contribution in [0.25, 0.3) is 0 Å². The molecule has 3 heterocycles. The molecule has 31 heavy (non-hydrogen) atoms. The van der Waals surface area contributed by atoms with Gasteiger partial charge in [0.25, 0.3) is 0 Å². The van der Waals surface area contributed by atoms with Gasteiger partial charge >= 0.3 is 0 Å². The summed E-state index contributed by atoms with van der Waals surface area (Å²) in [6.45, 7) is 5.38. The van der Waals surface area contributed by atoms with E-state index in [2.05, 4.69) is 37.2 Å². The maximum absolute atomic E-state index is 14.0. The number of guanidine groups is 1. The molecule has 1 N–H and O–H groups in total. The Hall–Kier alpha value is -2.17. The molecule has 0 unspecified atom stereocenters. The predicted octanol–water partition coefficient (Wildman–Crippen LogP) is 3.48. The first-order valence-corrected chi connectivity index (χ1v) is 10.5. The van der Waals surface area contributed by atoms with E-state index in [0.717, 1.165) is 36.5 Å². The smallest absolute Gasteiger partial charge is 0.194 e. The number of rotatable bonds is 4. The quantitative estimate of drug-likeness (QED) is 0.365. The molecule has 2 aliphatic rings. The summed E-state index contributed by atoms with van der Waals surface area (Å²) in [5, 5.41) is 3.39. The third-order valence-corrected chi connectivity index (χ3v) is 5.73. The summed E-state index contributed by atoms with van der Waals surface area (Å²) in [6, 6.07) is 7.77. The van der Waals surface area contributed by atoms with Crippen LogP contribution in [0.2, 0.25) is 0 Å². The number of anilines is 2. The lowest BCUT2D eigenvalue weighted by atomic mass is 10.2. The van der Waals surface area contributed by atoms with E-state index in [1.165, 1.54) is 25.0 Å². The van der Waals surface area contributed by atoms with Crippen molar-refractivity contribution in [3.63, 3.8) is 0 Å². The van der Waals surface area contributed by atoms with Gasteiger partial charge in [0.05, 0.1) is 5.69 Å². The van der Waals surface area contributed by atoms with Crippen LogP contribution in [0, 0.1) is 11.6 Å². The van der Waals surface area contributed by atoms with E-state index in [1.54, 1.807) is 7.05 Å². The third-order valence-electron chi connectivity index (χ3n) is 5.73. The van der Waals surface area contributed by atoms with Crippen molar-refractivity contribution < 1.29 is 8.78 Å². The summed E-state index contributed by atoms with van der Waals surface area (Å²) in [7, 11) is 1.76. The van der Waals surface area contributed by atoms with Gasteiger partial charge in [0.15, 0.2) is 5.96 Å². The average Bonchev–Trinajstić information content (AvgIpc) is 3.32. The second-order valence-corrected chi connectivity index (χ2v) is 7.69. The molecule has 0 saturated carbocycles. The number of hydrogen-bond donors (Lipinski definition) is 1. The molecule has 1 aromatic carbocycles. The van der Waals surface area contributed by atoms with Crippen LogP contribution in [0.3, 0.4) is 0 Å². The zero-order chi connectivity index (χ0) is 20.9. The molecule has 2 aromatic rings. The molecule has 6 nitrogen and oxygen atoms in total. The Bertz CT molecular complexity index is 878. The third kappa shape index (κ3) is 5.75. The lowest BCUT2D eigenvalue weighted by molar-refractivity contribution is 0.370. The fourth-order valence-electron chi connectivity index (χ4n) is 4.06. The van der Waals surface area contributed by atoms with E-state index in [4.69, 9.17) is 0 Å². The molecule has 0 amide bonds. The molecule has 168 valence electrons. The minimum absolute atomic E-state index is 0. The molecule has 2 aliphatic heterocycles. The zero-order valence-corrected chi connectivity index (χ0v) is 20.1. The summed E-state index contributed by atoms with van der Waals surface area (Å²) in [5.74, 6) is 1.03. The fraction of sp³-hybridized carbons (Fsp3) is 0.455. The van der Waals surface area contributed by atoms with Crippen LogP contribution in [-0.2, 0) is 6.54 Å². The van der Waals surface area contributed by atoms with Crippen LogP contribution in [0.4, 0.5) is 20.3 Å². The Morgan fingerprint density at radius 3 is 2.39 bits per heavy atom. The number of piperazine rings is 1. The van der Waals surface area contributed by atoms with Crippen LogP contribution < -0.4 is 15.1 Å². The Labute approximate surface area is 199 Å². The fourth-order valence-corrected chi connectivity index (χ4v) is 4.06. The van der Waals surface area contributed by atoms with Crippen molar-refractivity contribution in [2.75, 3.05) is 56.1 Å². The molecule has 1 aromatic heterocycles. The minimum Gasteiger partial charge on any atom is -0.366 e. The summed E-state index contributed by atoms with van der Waals surface area (Å²) >= 11 is 0. The van der Waals surface area contributed by atoms with Crippen LogP contribution in [0.1, 0.15) is 18.4 Å². The van der Waals surface area contributed by atoms with Gasteiger partial charge < -0.3 is 20.0 Å². The molecule has 2 fully saturated rings. The first-order chi connectivity index (χ1) is 14.6. The predicted molar refractivity (Wildman–Crippen MR) is 131 cm³/mol. The van der Waals surface area contributed by atoms with Crippen molar-refractivity contribution in [2.45, 2.75) is 19.4 Å². The SMILES string of the molecule is CN=C(NCc1ccc(N2CCCC2)nc1)N1CCN(c2cc(F)ccc2F)CC1.I. The molecular weight excluding hydrogens is 513 g/mol. The van der Waals surface area contributed by atoms with Crippen molar-refractivity contribution in [2.24, 2.45) is 4.99 Å². The first kappa shape index (κ1) is 23.5. The summed E-state index contributed by atoms with van der Waals surface area (Å²) in [5.41, 5.74) is 1.42. The minimum atomic E-state index is -0.421. The molecule has 0 bridgehead atoms. The number of hydrogen-bond acceptors (Lipinski definition) is 4. The average molecular weight is 542 g/mol. The van der Waals surface area contributed by atoms with Gasteiger partial charge in [-0.25, -0.2) is 13.8 Å². The van der Waals surface area contributed by atoms with Crippen LogP contribution in [0.15, 0.2) is 41.5 Å². The second-order valence-electron chi connectivity index (χ2n) is 7.69. The second kappa shape index (κ2) is 10.9. The Kier molecular flexibility index (Phi) is 8.28. The van der Waals surface area contributed by atoms with Crippen molar-refractivity contribution >= 4 is 41.4 Å². The first-order valence-electron chi connectivity index (χ1n) is 10.5. The number of aromatic nitrogens is 1. The summed E-state index contributed by atoms with van der Waals surface area (Å²) in [6.07, 6.45) is 4.39. The standard InChI is InChI=1S/C22H28F2N6.HI/c1-25-22(27-16-17-4-7-21(26-15-17)29-8-2-3-9-29)30-12-10-28(11-13-30)20-14-18(23)5-6-19(20)24;/h4-7,14-15H,2-3,8-13,16H2,1H3,(H,25,27);1H. The van der Waals surface area contributed by atoms with Crippen LogP contribution in [0.5, 0.6) is 0 Å². The van der Waals surface area contributed by atoms with Crippen LogP contribution in [-0.4, -0.2) is 62.2 Å². The van der Waals surface area contributed by atoms with E-state index < -0.39 is 11.6 Å². The van der Waals surface area contributed by atoms with E-state index in [0.29, 0.717) is 38.4 Å². The Morgan fingerprint density at radius 1 is 1.00 bits per heavy atom.